The number of urea groups is 1. The molecule has 2 heterocycles. The van der Waals surface area contributed by atoms with Gasteiger partial charge in [0.2, 0.25) is 0 Å². The van der Waals surface area contributed by atoms with Crippen molar-refractivity contribution in [1.82, 2.24) is 15.1 Å². The van der Waals surface area contributed by atoms with Crippen LogP contribution < -0.4 is 5.32 Å². The van der Waals surface area contributed by atoms with Crippen molar-refractivity contribution >= 4 is 23.3 Å². The number of carbonyl (C=O) groups excluding carboxylic acids is 2. The van der Waals surface area contributed by atoms with Gasteiger partial charge in [0.25, 0.3) is 5.91 Å². The van der Waals surface area contributed by atoms with E-state index in [2.05, 4.69) is 41.4 Å². The van der Waals surface area contributed by atoms with E-state index in [-0.39, 0.29) is 11.9 Å². The van der Waals surface area contributed by atoms with Gasteiger partial charge in [-0.2, -0.15) is 0 Å². The van der Waals surface area contributed by atoms with Gasteiger partial charge in [-0.3, -0.25) is 9.69 Å². The summed E-state index contributed by atoms with van der Waals surface area (Å²) in [6.45, 7) is 3.99. The van der Waals surface area contributed by atoms with Gasteiger partial charge in [-0.15, -0.1) is 11.3 Å². The van der Waals surface area contributed by atoms with Crippen LogP contribution in [0.4, 0.5) is 4.79 Å². The number of thiophene rings is 1. The summed E-state index contributed by atoms with van der Waals surface area (Å²) in [5.41, 5.74) is 0.612. The zero-order chi connectivity index (χ0) is 20.3. The number of nitrogens with one attached hydrogen (secondary N) is 1. The van der Waals surface area contributed by atoms with E-state index in [9.17, 15) is 9.59 Å². The number of benzene rings is 1. The van der Waals surface area contributed by atoms with E-state index in [1.54, 1.807) is 11.3 Å². The summed E-state index contributed by atoms with van der Waals surface area (Å²) in [6, 6.07) is 14.4. The maximum atomic E-state index is 13.2. The Balaban J connectivity index is 1.47. The Morgan fingerprint density at radius 3 is 2.52 bits per heavy atom. The summed E-state index contributed by atoms with van der Waals surface area (Å²) in [5, 5.41) is 3.03. The first kappa shape index (κ1) is 20.1. The van der Waals surface area contributed by atoms with Gasteiger partial charge >= 0.3 is 6.03 Å². The summed E-state index contributed by atoms with van der Waals surface area (Å²) < 4.78 is 0. The predicted octanol–water partition coefficient (Wildman–Crippen LogP) is 4.31. The van der Waals surface area contributed by atoms with Gasteiger partial charge in [0, 0.05) is 22.8 Å². The van der Waals surface area contributed by atoms with Gasteiger partial charge in [0.15, 0.2) is 0 Å². The Morgan fingerprint density at radius 2 is 1.83 bits per heavy atom. The third-order valence-electron chi connectivity index (χ3n) is 6.03. The molecule has 154 valence electrons. The number of aryl methyl sites for hydroxylation is 1. The molecule has 6 heteroatoms. The molecule has 1 aromatic carbocycles. The minimum Gasteiger partial charge on any atom is -0.323 e. The lowest BCUT2D eigenvalue weighted by Gasteiger charge is -2.31. The van der Waals surface area contributed by atoms with Crippen molar-refractivity contribution in [1.29, 1.82) is 0 Å². The van der Waals surface area contributed by atoms with Crippen molar-refractivity contribution in [3.63, 3.8) is 0 Å². The monoisotopic (exact) mass is 411 g/mol. The van der Waals surface area contributed by atoms with Crippen molar-refractivity contribution in [3.05, 3.63) is 57.8 Å². The second kappa shape index (κ2) is 8.67. The highest BCUT2D eigenvalue weighted by molar-refractivity contribution is 7.11. The van der Waals surface area contributed by atoms with Crippen molar-refractivity contribution in [2.24, 2.45) is 0 Å². The molecule has 2 fully saturated rings. The number of rotatable bonds is 7. The Hall–Kier alpha value is -2.18. The lowest BCUT2D eigenvalue weighted by molar-refractivity contribution is -0.134. The Kier molecular flexibility index (Phi) is 6.01. The summed E-state index contributed by atoms with van der Waals surface area (Å²) in [4.78, 5) is 32.1. The molecule has 1 saturated heterocycles. The SMILES string of the molecule is Cc1ccc(CN(CCc2ccccc2)CN2C(=O)NC3(CCCCC3)C2=O)s1. The van der Waals surface area contributed by atoms with Gasteiger partial charge in [0.1, 0.15) is 5.54 Å². The molecule has 0 bridgehead atoms. The number of nitrogens with zero attached hydrogens (tertiary/aromatic N) is 2. The number of carbonyl (C=O) groups is 2. The van der Waals surface area contributed by atoms with Crippen LogP contribution in [0.15, 0.2) is 42.5 Å². The smallest absolute Gasteiger partial charge is 0.323 e. The molecule has 1 aliphatic heterocycles. The van der Waals surface area contributed by atoms with Crippen LogP contribution in [-0.4, -0.2) is 40.5 Å². The van der Waals surface area contributed by atoms with Gasteiger partial charge in [-0.1, -0.05) is 49.6 Å². The Labute approximate surface area is 176 Å². The van der Waals surface area contributed by atoms with Crippen molar-refractivity contribution in [2.45, 2.75) is 57.5 Å². The maximum absolute atomic E-state index is 13.2. The lowest BCUT2D eigenvalue weighted by Crippen LogP contribution is -2.49. The molecular weight excluding hydrogens is 382 g/mol. The van der Waals surface area contributed by atoms with Crippen molar-refractivity contribution in [3.8, 4) is 0 Å². The molecule has 29 heavy (non-hydrogen) atoms. The molecule has 1 aliphatic carbocycles. The first-order valence-corrected chi connectivity index (χ1v) is 11.3. The number of hydrogen-bond donors (Lipinski definition) is 1. The standard InChI is InChI=1S/C23H29N3O2S/c1-18-10-11-20(29-18)16-25(15-12-19-8-4-2-5-9-19)17-26-21(27)23(24-22(26)28)13-6-3-7-14-23/h2,4-5,8-11H,3,6-7,12-17H2,1H3,(H,24,28). The van der Waals surface area contributed by atoms with Crippen LogP contribution in [0.5, 0.6) is 0 Å². The lowest BCUT2D eigenvalue weighted by atomic mass is 9.82. The van der Waals surface area contributed by atoms with Gasteiger partial charge in [-0.05, 0) is 43.9 Å². The predicted molar refractivity (Wildman–Crippen MR) is 116 cm³/mol. The summed E-state index contributed by atoms with van der Waals surface area (Å²) in [5.74, 6) is -0.0331. The number of amides is 3. The molecule has 0 atom stereocenters. The minimum absolute atomic E-state index is 0.0331. The molecule has 1 spiro atoms. The average Bonchev–Trinajstić information content (AvgIpc) is 3.23. The highest BCUT2D eigenvalue weighted by Crippen LogP contribution is 2.33. The van der Waals surface area contributed by atoms with Crippen molar-refractivity contribution in [2.75, 3.05) is 13.2 Å². The van der Waals surface area contributed by atoms with E-state index in [1.165, 1.54) is 20.2 Å². The third-order valence-corrected chi connectivity index (χ3v) is 7.01. The molecule has 2 aromatic rings. The molecular formula is C23H29N3O2S. The van der Waals surface area contributed by atoms with Crippen LogP contribution in [-0.2, 0) is 17.8 Å². The largest absolute Gasteiger partial charge is 0.326 e. The summed E-state index contributed by atoms with van der Waals surface area (Å²) in [6.07, 6.45) is 5.58. The van der Waals surface area contributed by atoms with Gasteiger partial charge < -0.3 is 5.32 Å². The maximum Gasteiger partial charge on any atom is 0.326 e. The average molecular weight is 412 g/mol. The Morgan fingerprint density at radius 1 is 1.07 bits per heavy atom. The van der Waals surface area contributed by atoms with Gasteiger partial charge in [0.05, 0.1) is 6.67 Å². The summed E-state index contributed by atoms with van der Waals surface area (Å²) >= 11 is 1.77. The fourth-order valence-corrected chi connectivity index (χ4v) is 5.35. The van der Waals surface area contributed by atoms with E-state index in [1.807, 2.05) is 18.2 Å². The van der Waals surface area contributed by atoms with Crippen molar-refractivity contribution < 1.29 is 9.59 Å². The quantitative estimate of drug-likeness (QED) is 0.691. The van der Waals surface area contributed by atoms with E-state index in [4.69, 9.17) is 0 Å². The van der Waals surface area contributed by atoms with E-state index in [0.29, 0.717) is 6.67 Å². The second-order valence-corrected chi connectivity index (χ2v) is 9.62. The molecule has 5 nitrogen and oxygen atoms in total. The first-order chi connectivity index (χ1) is 14.1. The van der Waals surface area contributed by atoms with Crippen LogP contribution in [0.2, 0.25) is 0 Å². The summed E-state index contributed by atoms with van der Waals surface area (Å²) in [7, 11) is 0. The van der Waals surface area contributed by atoms with E-state index >= 15 is 0 Å². The van der Waals surface area contributed by atoms with E-state index in [0.717, 1.165) is 51.6 Å². The normalized spacial score (nSPS) is 18.6. The molecule has 0 unspecified atom stereocenters. The Bertz CT molecular complexity index is 858. The molecule has 0 radical (unpaired) electrons. The first-order valence-electron chi connectivity index (χ1n) is 10.5. The van der Waals surface area contributed by atoms with Gasteiger partial charge in [-0.25, -0.2) is 9.69 Å². The highest BCUT2D eigenvalue weighted by Gasteiger charge is 2.51. The molecule has 3 amide bonds. The zero-order valence-corrected chi connectivity index (χ0v) is 17.8. The molecule has 2 aliphatic rings. The van der Waals surface area contributed by atoms with Crippen LogP contribution in [0, 0.1) is 6.92 Å². The molecule has 1 aromatic heterocycles. The molecule has 4 rings (SSSR count). The topological polar surface area (TPSA) is 52.6 Å². The van der Waals surface area contributed by atoms with Crippen LogP contribution in [0.25, 0.3) is 0 Å². The second-order valence-electron chi connectivity index (χ2n) is 8.25. The zero-order valence-electron chi connectivity index (χ0n) is 17.0. The number of imide groups is 1. The molecule has 1 N–H and O–H groups in total. The fraction of sp³-hybridized carbons (Fsp3) is 0.478. The third kappa shape index (κ3) is 4.54. The molecule has 1 saturated carbocycles. The minimum atomic E-state index is -0.653. The van der Waals surface area contributed by atoms with Crippen LogP contribution in [0.1, 0.15) is 47.4 Å². The number of hydrogen-bond acceptors (Lipinski definition) is 4. The van der Waals surface area contributed by atoms with E-state index < -0.39 is 5.54 Å². The highest BCUT2D eigenvalue weighted by atomic mass is 32.1. The van der Waals surface area contributed by atoms with Crippen LogP contribution >= 0.6 is 11.3 Å². The fourth-order valence-electron chi connectivity index (χ4n) is 4.42. The van der Waals surface area contributed by atoms with Crippen LogP contribution in [0.3, 0.4) is 0 Å².